The molecule has 25 heavy (non-hydrogen) atoms. The van der Waals surface area contributed by atoms with Gasteiger partial charge in [-0.15, -0.1) is 11.3 Å². The van der Waals surface area contributed by atoms with Crippen LogP contribution in [0.15, 0.2) is 30.3 Å². The van der Waals surface area contributed by atoms with Crippen LogP contribution >= 0.6 is 11.3 Å². The Bertz CT molecular complexity index is 886. The number of benzene rings is 1. The Morgan fingerprint density at radius 3 is 2.40 bits per heavy atom. The molecule has 0 radical (unpaired) electrons. The van der Waals surface area contributed by atoms with Gasteiger partial charge in [-0.3, -0.25) is 14.5 Å². The van der Waals surface area contributed by atoms with Crippen LogP contribution in [-0.4, -0.2) is 24.9 Å². The minimum atomic E-state index is -0.356. The number of carbonyl (C=O) groups excluding carboxylic acids is 3. The van der Waals surface area contributed by atoms with E-state index in [4.69, 9.17) is 4.74 Å². The molecule has 5 nitrogen and oxygen atoms in total. The molecule has 1 aliphatic carbocycles. The van der Waals surface area contributed by atoms with Gasteiger partial charge in [0.1, 0.15) is 4.88 Å². The maximum absolute atomic E-state index is 12.9. The van der Waals surface area contributed by atoms with E-state index in [9.17, 15) is 14.4 Å². The summed E-state index contributed by atoms with van der Waals surface area (Å²) < 4.78 is 4.84. The van der Waals surface area contributed by atoms with Gasteiger partial charge in [0.2, 0.25) is 11.8 Å². The number of amides is 2. The maximum atomic E-state index is 12.9. The fourth-order valence-electron chi connectivity index (χ4n) is 3.82. The van der Waals surface area contributed by atoms with Gasteiger partial charge in [0.15, 0.2) is 0 Å². The molecule has 2 atom stereocenters. The number of esters is 1. The van der Waals surface area contributed by atoms with Crippen molar-refractivity contribution in [3.05, 3.63) is 51.2 Å². The number of nitrogens with zero attached hydrogens (tertiary/aromatic N) is 1. The second-order valence-corrected chi connectivity index (χ2v) is 7.52. The summed E-state index contributed by atoms with van der Waals surface area (Å²) in [4.78, 5) is 40.6. The predicted molar refractivity (Wildman–Crippen MR) is 93.7 cm³/mol. The maximum Gasteiger partial charge on any atom is 0.348 e. The first-order chi connectivity index (χ1) is 12.0. The lowest BCUT2D eigenvalue weighted by Crippen LogP contribution is -2.31. The highest BCUT2D eigenvalue weighted by Crippen LogP contribution is 2.43. The van der Waals surface area contributed by atoms with E-state index in [1.807, 2.05) is 25.1 Å². The van der Waals surface area contributed by atoms with Crippen LogP contribution in [0, 0.1) is 18.8 Å². The van der Waals surface area contributed by atoms with Gasteiger partial charge in [0, 0.05) is 4.88 Å². The molecule has 0 saturated carbocycles. The minimum Gasteiger partial charge on any atom is -0.465 e. The summed E-state index contributed by atoms with van der Waals surface area (Å²) in [5.41, 5.74) is 2.54. The molecule has 2 unspecified atom stereocenters. The molecule has 2 amide bonds. The molecule has 6 heteroatoms. The van der Waals surface area contributed by atoms with Crippen LogP contribution in [-0.2, 0) is 27.2 Å². The number of imide groups is 1. The topological polar surface area (TPSA) is 63.7 Å². The Kier molecular flexibility index (Phi) is 3.72. The Hall–Kier alpha value is -2.47. The summed E-state index contributed by atoms with van der Waals surface area (Å²) in [6, 6.07) is 9.06. The molecule has 128 valence electrons. The average Bonchev–Trinajstić information content (AvgIpc) is 3.08. The van der Waals surface area contributed by atoms with Crippen molar-refractivity contribution < 1.29 is 19.1 Å². The van der Waals surface area contributed by atoms with Crippen LogP contribution in [0.4, 0.5) is 5.69 Å². The predicted octanol–water partition coefficient (Wildman–Crippen LogP) is 2.75. The van der Waals surface area contributed by atoms with Crippen LogP contribution < -0.4 is 4.90 Å². The van der Waals surface area contributed by atoms with E-state index in [0.29, 0.717) is 23.4 Å². The molecule has 1 aromatic heterocycles. The highest BCUT2D eigenvalue weighted by Gasteiger charge is 2.51. The lowest BCUT2D eigenvalue weighted by molar-refractivity contribution is -0.122. The van der Waals surface area contributed by atoms with Gasteiger partial charge in [-0.05, 0) is 43.0 Å². The molecule has 0 spiro atoms. The fraction of sp³-hybridized carbons (Fsp3) is 0.316. The van der Waals surface area contributed by atoms with Crippen molar-refractivity contribution in [2.45, 2.75) is 19.8 Å². The molecule has 1 saturated heterocycles. The molecule has 2 heterocycles. The second-order valence-electron chi connectivity index (χ2n) is 6.42. The standard InChI is InChI=1S/C19H17NO4S/c1-10-12-8-13-14(9-15(12)25-16(10)19(23)24-2)18(22)20(17(13)21)11-6-4-3-5-7-11/h3-7,13-14H,8-9H2,1-2H3. The average molecular weight is 355 g/mol. The van der Waals surface area contributed by atoms with Crippen molar-refractivity contribution in [3.8, 4) is 0 Å². The molecule has 1 aliphatic heterocycles. The van der Waals surface area contributed by atoms with Gasteiger partial charge in [0.25, 0.3) is 0 Å². The van der Waals surface area contributed by atoms with Crippen LogP contribution in [0.5, 0.6) is 0 Å². The number of rotatable bonds is 2. The minimum absolute atomic E-state index is 0.141. The molecule has 1 fully saturated rings. The fourth-order valence-corrected chi connectivity index (χ4v) is 5.13. The second kappa shape index (κ2) is 5.81. The van der Waals surface area contributed by atoms with Crippen molar-refractivity contribution in [2.24, 2.45) is 11.8 Å². The molecular weight excluding hydrogens is 338 g/mol. The highest BCUT2D eigenvalue weighted by molar-refractivity contribution is 7.14. The summed E-state index contributed by atoms with van der Waals surface area (Å²) in [7, 11) is 1.36. The highest BCUT2D eigenvalue weighted by atomic mass is 32.1. The van der Waals surface area contributed by atoms with Gasteiger partial charge < -0.3 is 4.74 Å². The SMILES string of the molecule is COC(=O)c1sc2c(c1C)CC1C(=O)N(c3ccccc3)C(=O)C1C2. The van der Waals surface area contributed by atoms with Gasteiger partial charge in [0.05, 0.1) is 24.6 Å². The van der Waals surface area contributed by atoms with Crippen molar-refractivity contribution in [3.63, 3.8) is 0 Å². The molecule has 4 rings (SSSR count). The normalized spacial score (nSPS) is 21.9. The Balaban J connectivity index is 1.70. The van der Waals surface area contributed by atoms with E-state index < -0.39 is 0 Å². The summed E-state index contributed by atoms with van der Waals surface area (Å²) in [5, 5.41) is 0. The molecule has 0 N–H and O–H groups in total. The van der Waals surface area contributed by atoms with Crippen LogP contribution in [0.2, 0.25) is 0 Å². The first-order valence-electron chi connectivity index (χ1n) is 8.15. The zero-order valence-electron chi connectivity index (χ0n) is 13.9. The molecule has 0 bridgehead atoms. The van der Waals surface area contributed by atoms with E-state index in [1.54, 1.807) is 12.1 Å². The van der Waals surface area contributed by atoms with E-state index in [0.717, 1.165) is 16.0 Å². The number of anilines is 1. The third-order valence-corrected chi connectivity index (χ3v) is 6.47. The number of thiophene rings is 1. The zero-order chi connectivity index (χ0) is 17.7. The largest absolute Gasteiger partial charge is 0.465 e. The first-order valence-corrected chi connectivity index (χ1v) is 8.97. The van der Waals surface area contributed by atoms with Gasteiger partial charge in [-0.25, -0.2) is 4.79 Å². The van der Waals surface area contributed by atoms with E-state index in [1.165, 1.54) is 23.3 Å². The third kappa shape index (κ3) is 2.32. The summed E-state index contributed by atoms with van der Waals surface area (Å²) in [5.74, 6) is -1.33. The van der Waals surface area contributed by atoms with Crippen LogP contribution in [0.1, 0.15) is 25.7 Å². The number of ether oxygens (including phenoxy) is 1. The zero-order valence-corrected chi connectivity index (χ0v) is 14.8. The van der Waals surface area contributed by atoms with Crippen molar-refractivity contribution in [2.75, 3.05) is 12.0 Å². The number of methoxy groups -OCH3 is 1. The Labute approximate surface area is 149 Å². The Morgan fingerprint density at radius 2 is 1.76 bits per heavy atom. The van der Waals surface area contributed by atoms with Crippen molar-refractivity contribution in [1.29, 1.82) is 0 Å². The number of hydrogen-bond donors (Lipinski definition) is 0. The molecule has 2 aromatic rings. The van der Waals surface area contributed by atoms with E-state index in [-0.39, 0.29) is 29.6 Å². The number of hydrogen-bond acceptors (Lipinski definition) is 5. The van der Waals surface area contributed by atoms with Crippen molar-refractivity contribution in [1.82, 2.24) is 0 Å². The smallest absolute Gasteiger partial charge is 0.348 e. The summed E-state index contributed by atoms with van der Waals surface area (Å²) >= 11 is 1.39. The van der Waals surface area contributed by atoms with Gasteiger partial charge in [-0.2, -0.15) is 0 Å². The van der Waals surface area contributed by atoms with Crippen LogP contribution in [0.25, 0.3) is 0 Å². The first kappa shape index (κ1) is 16.0. The van der Waals surface area contributed by atoms with Gasteiger partial charge >= 0.3 is 5.97 Å². The lowest BCUT2D eigenvalue weighted by Gasteiger charge is -2.21. The lowest BCUT2D eigenvalue weighted by atomic mass is 9.79. The van der Waals surface area contributed by atoms with Gasteiger partial charge in [-0.1, -0.05) is 18.2 Å². The number of carbonyl (C=O) groups is 3. The van der Waals surface area contributed by atoms with E-state index in [2.05, 4.69) is 0 Å². The monoisotopic (exact) mass is 355 g/mol. The summed E-state index contributed by atoms with van der Waals surface area (Å²) in [6.07, 6.45) is 1.02. The molecular formula is C19H17NO4S. The number of para-hydroxylation sites is 1. The molecule has 2 aliphatic rings. The van der Waals surface area contributed by atoms with Crippen molar-refractivity contribution >= 4 is 34.8 Å². The number of fused-ring (bicyclic) bond motifs is 2. The summed E-state index contributed by atoms with van der Waals surface area (Å²) in [6.45, 7) is 1.89. The molecule has 1 aromatic carbocycles. The Morgan fingerprint density at radius 1 is 1.12 bits per heavy atom. The van der Waals surface area contributed by atoms with Crippen LogP contribution in [0.3, 0.4) is 0 Å². The third-order valence-electron chi connectivity index (χ3n) is 5.13. The van der Waals surface area contributed by atoms with E-state index >= 15 is 0 Å². The quantitative estimate of drug-likeness (QED) is 0.614.